The number of fused-ring (bicyclic) bond motifs is 5. The Bertz CT molecular complexity index is 612. The maximum atomic E-state index is 12.2. The summed E-state index contributed by atoms with van der Waals surface area (Å²) < 4.78 is 11.9. The first-order valence-electron chi connectivity index (χ1n) is 11.6. The summed E-state index contributed by atoms with van der Waals surface area (Å²) >= 11 is 0. The Kier molecular flexibility index (Phi) is 8.50. The Labute approximate surface area is 178 Å². The standard InChI is InChI=1S/C22H36N2O6/c1-2-3-6-10-16(25)24-13-17(26)23-12-15-14(9-7-4-5-8-11-18(27)28)19-21-22(30-21)20(15)29-19/h14-15,19-22H,2-13H2,1H3,(H,23,26)(H,24,25)(H,27,28). The van der Waals surface area contributed by atoms with Gasteiger partial charge in [0.2, 0.25) is 11.8 Å². The zero-order chi connectivity index (χ0) is 21.5. The van der Waals surface area contributed by atoms with E-state index in [4.69, 9.17) is 14.6 Å². The molecule has 170 valence electrons. The van der Waals surface area contributed by atoms with Gasteiger partial charge in [0.15, 0.2) is 0 Å². The molecule has 30 heavy (non-hydrogen) atoms. The van der Waals surface area contributed by atoms with E-state index in [-0.39, 0.29) is 55.1 Å². The largest absolute Gasteiger partial charge is 0.481 e. The second-order valence-corrected chi connectivity index (χ2v) is 8.84. The highest BCUT2D eigenvalue weighted by Gasteiger charge is 2.68. The summed E-state index contributed by atoms with van der Waals surface area (Å²) in [7, 11) is 0. The number of carboxylic acids is 1. The molecule has 0 radical (unpaired) electrons. The number of aliphatic carboxylic acids is 1. The fourth-order valence-corrected chi connectivity index (χ4v) is 4.93. The lowest BCUT2D eigenvalue weighted by Gasteiger charge is -2.26. The van der Waals surface area contributed by atoms with Crippen LogP contribution in [0.3, 0.4) is 0 Å². The average Bonchev–Trinajstić information content (AvgIpc) is 3.34. The second-order valence-electron chi connectivity index (χ2n) is 8.84. The van der Waals surface area contributed by atoms with Gasteiger partial charge < -0.3 is 25.2 Å². The van der Waals surface area contributed by atoms with Gasteiger partial charge in [-0.2, -0.15) is 0 Å². The number of rotatable bonds is 15. The zero-order valence-electron chi connectivity index (χ0n) is 17.9. The number of hydrogen-bond acceptors (Lipinski definition) is 5. The minimum absolute atomic E-state index is 0.0173. The van der Waals surface area contributed by atoms with Gasteiger partial charge in [-0.3, -0.25) is 14.4 Å². The predicted molar refractivity (Wildman–Crippen MR) is 110 cm³/mol. The van der Waals surface area contributed by atoms with Crippen LogP contribution in [0.2, 0.25) is 0 Å². The molecule has 0 aromatic carbocycles. The first-order valence-corrected chi connectivity index (χ1v) is 11.6. The van der Waals surface area contributed by atoms with E-state index in [9.17, 15) is 14.4 Å². The van der Waals surface area contributed by atoms with Crippen LogP contribution in [0.1, 0.15) is 71.1 Å². The topological polar surface area (TPSA) is 117 Å². The van der Waals surface area contributed by atoms with Crippen molar-refractivity contribution in [3.8, 4) is 0 Å². The van der Waals surface area contributed by atoms with Crippen LogP contribution < -0.4 is 10.6 Å². The lowest BCUT2D eigenvalue weighted by molar-refractivity contribution is -0.137. The highest BCUT2D eigenvalue weighted by Crippen LogP contribution is 2.54. The van der Waals surface area contributed by atoms with Gasteiger partial charge in [0.25, 0.3) is 0 Å². The van der Waals surface area contributed by atoms with Crippen molar-refractivity contribution in [3.05, 3.63) is 0 Å². The van der Waals surface area contributed by atoms with Crippen molar-refractivity contribution in [3.63, 3.8) is 0 Å². The van der Waals surface area contributed by atoms with Crippen LogP contribution in [-0.4, -0.2) is 60.4 Å². The van der Waals surface area contributed by atoms with Crippen LogP contribution in [0.5, 0.6) is 0 Å². The van der Waals surface area contributed by atoms with Crippen LogP contribution >= 0.6 is 0 Å². The number of unbranched alkanes of at least 4 members (excludes halogenated alkanes) is 5. The molecule has 0 spiro atoms. The molecule has 3 fully saturated rings. The Balaban J connectivity index is 1.35. The van der Waals surface area contributed by atoms with E-state index in [2.05, 4.69) is 17.6 Å². The van der Waals surface area contributed by atoms with E-state index < -0.39 is 5.97 Å². The normalized spacial score (nSPS) is 30.7. The van der Waals surface area contributed by atoms with Crippen LogP contribution in [0.15, 0.2) is 0 Å². The molecule has 6 atom stereocenters. The molecule has 3 saturated heterocycles. The second kappa shape index (κ2) is 11.1. The van der Waals surface area contributed by atoms with Crippen molar-refractivity contribution in [2.45, 2.75) is 95.5 Å². The number of carboxylic acid groups (broad SMARTS) is 1. The van der Waals surface area contributed by atoms with E-state index in [1.54, 1.807) is 0 Å². The Hall–Kier alpha value is -1.67. The number of carbonyl (C=O) groups excluding carboxylic acids is 2. The minimum atomic E-state index is -0.735. The number of epoxide rings is 1. The maximum Gasteiger partial charge on any atom is 0.303 e. The first kappa shape index (κ1) is 23.0. The molecular formula is C22H36N2O6. The molecule has 0 aromatic heterocycles. The summed E-state index contributed by atoms with van der Waals surface area (Å²) in [5, 5.41) is 14.4. The Morgan fingerprint density at radius 3 is 2.17 bits per heavy atom. The van der Waals surface area contributed by atoms with E-state index >= 15 is 0 Å². The number of amides is 2. The molecule has 3 N–H and O–H groups in total. The van der Waals surface area contributed by atoms with Crippen molar-refractivity contribution < 1.29 is 29.0 Å². The average molecular weight is 425 g/mol. The van der Waals surface area contributed by atoms with Crippen molar-refractivity contribution in [1.82, 2.24) is 10.6 Å². The molecule has 3 aliphatic rings. The van der Waals surface area contributed by atoms with Gasteiger partial charge in [0, 0.05) is 25.3 Å². The molecule has 3 aliphatic heterocycles. The number of ether oxygens (including phenoxy) is 2. The summed E-state index contributed by atoms with van der Waals surface area (Å²) in [5.74, 6) is -0.371. The maximum absolute atomic E-state index is 12.2. The van der Waals surface area contributed by atoms with Crippen molar-refractivity contribution >= 4 is 17.8 Å². The summed E-state index contributed by atoms with van der Waals surface area (Å²) in [6.45, 7) is 2.65. The Morgan fingerprint density at radius 1 is 0.767 bits per heavy atom. The SMILES string of the molecule is CCCCCC(=O)NCC(=O)NCC1C(CCCCCCC(=O)O)C2OC1C1OC21. The zero-order valence-corrected chi connectivity index (χ0v) is 17.9. The van der Waals surface area contributed by atoms with Gasteiger partial charge in [-0.1, -0.05) is 39.0 Å². The fourth-order valence-electron chi connectivity index (χ4n) is 4.93. The van der Waals surface area contributed by atoms with Crippen molar-refractivity contribution in [2.24, 2.45) is 11.8 Å². The molecular weight excluding hydrogens is 388 g/mol. The predicted octanol–water partition coefficient (Wildman–Crippen LogP) is 2.01. The van der Waals surface area contributed by atoms with Crippen molar-refractivity contribution in [1.29, 1.82) is 0 Å². The van der Waals surface area contributed by atoms with Crippen LogP contribution in [0.4, 0.5) is 0 Å². The Morgan fingerprint density at radius 2 is 1.43 bits per heavy atom. The molecule has 0 aliphatic carbocycles. The third-order valence-corrected chi connectivity index (χ3v) is 6.58. The van der Waals surface area contributed by atoms with Crippen LogP contribution in [0, 0.1) is 11.8 Å². The smallest absolute Gasteiger partial charge is 0.303 e. The van der Waals surface area contributed by atoms with Crippen LogP contribution in [-0.2, 0) is 23.9 Å². The molecule has 2 bridgehead atoms. The van der Waals surface area contributed by atoms with Gasteiger partial charge in [-0.05, 0) is 25.2 Å². The molecule has 8 heteroatoms. The molecule has 3 rings (SSSR count). The van der Waals surface area contributed by atoms with Gasteiger partial charge >= 0.3 is 5.97 Å². The van der Waals surface area contributed by atoms with Crippen molar-refractivity contribution in [2.75, 3.05) is 13.1 Å². The molecule has 6 unspecified atom stereocenters. The molecule has 0 saturated carbocycles. The number of nitrogens with one attached hydrogen (secondary N) is 2. The third kappa shape index (κ3) is 6.17. The minimum Gasteiger partial charge on any atom is -0.481 e. The summed E-state index contributed by atoms with van der Waals surface area (Å²) in [6, 6.07) is 0. The monoisotopic (exact) mass is 424 g/mol. The van der Waals surface area contributed by atoms with E-state index in [0.29, 0.717) is 18.9 Å². The van der Waals surface area contributed by atoms with E-state index in [0.717, 1.165) is 51.4 Å². The van der Waals surface area contributed by atoms with Gasteiger partial charge in [0.1, 0.15) is 12.2 Å². The summed E-state index contributed by atoms with van der Waals surface area (Å²) in [6.07, 6.45) is 8.94. The van der Waals surface area contributed by atoms with Gasteiger partial charge in [0.05, 0.1) is 18.8 Å². The third-order valence-electron chi connectivity index (χ3n) is 6.58. The quantitative estimate of drug-likeness (QED) is 0.273. The highest BCUT2D eigenvalue weighted by molar-refractivity contribution is 5.84. The lowest BCUT2D eigenvalue weighted by atomic mass is 9.76. The van der Waals surface area contributed by atoms with E-state index in [1.807, 2.05) is 0 Å². The highest BCUT2D eigenvalue weighted by atomic mass is 16.7. The fraction of sp³-hybridized carbons (Fsp3) is 0.864. The molecule has 2 amide bonds. The first-order chi connectivity index (χ1) is 14.5. The summed E-state index contributed by atoms with van der Waals surface area (Å²) in [4.78, 5) is 34.5. The molecule has 3 heterocycles. The van der Waals surface area contributed by atoms with Gasteiger partial charge in [-0.15, -0.1) is 0 Å². The number of carbonyl (C=O) groups is 3. The van der Waals surface area contributed by atoms with Crippen LogP contribution in [0.25, 0.3) is 0 Å². The molecule has 0 aromatic rings. The van der Waals surface area contributed by atoms with E-state index in [1.165, 1.54) is 0 Å². The number of hydrogen-bond donors (Lipinski definition) is 3. The lowest BCUT2D eigenvalue weighted by Crippen LogP contribution is -2.44. The summed E-state index contributed by atoms with van der Waals surface area (Å²) in [5.41, 5.74) is 0. The van der Waals surface area contributed by atoms with Gasteiger partial charge in [-0.25, -0.2) is 0 Å². The molecule has 8 nitrogen and oxygen atoms in total.